The van der Waals surface area contributed by atoms with Crippen molar-refractivity contribution in [3.63, 3.8) is 0 Å². The Bertz CT molecular complexity index is 377. The summed E-state index contributed by atoms with van der Waals surface area (Å²) in [5, 5.41) is 11.7. The van der Waals surface area contributed by atoms with Gasteiger partial charge in [0.05, 0.1) is 19.3 Å². The fourth-order valence-electron chi connectivity index (χ4n) is 1.08. The molecule has 0 radical (unpaired) electrons. The zero-order valence-electron chi connectivity index (χ0n) is 9.65. The molecule has 88 valence electrons. The second-order valence-corrected chi connectivity index (χ2v) is 4.08. The van der Waals surface area contributed by atoms with Gasteiger partial charge in [0.1, 0.15) is 0 Å². The largest absolute Gasteiger partial charge is 0.481 e. The number of hydrogen-bond donors (Lipinski definition) is 2. The van der Waals surface area contributed by atoms with Gasteiger partial charge >= 0.3 is 0 Å². The van der Waals surface area contributed by atoms with Gasteiger partial charge < -0.3 is 15.2 Å². The molecule has 0 aliphatic heterocycles. The number of methoxy groups -OCH3 is 1. The highest BCUT2D eigenvalue weighted by Crippen LogP contribution is 2.10. The molecule has 0 aliphatic carbocycles. The molecule has 2 N–H and O–H groups in total. The molecule has 1 aromatic rings. The summed E-state index contributed by atoms with van der Waals surface area (Å²) in [6, 6.07) is 3.13. The van der Waals surface area contributed by atoms with Crippen molar-refractivity contribution in [2.24, 2.45) is 0 Å². The standard InChI is InChI=1S/C11H16N2O3/c1-11(2,7-14)13-10(15)8-4-5-12-9(6-8)16-3/h4-6,14H,7H2,1-3H3,(H,13,15). The number of nitrogens with one attached hydrogen (secondary N) is 1. The lowest BCUT2D eigenvalue weighted by molar-refractivity contribution is 0.0869. The van der Waals surface area contributed by atoms with Crippen LogP contribution in [0.25, 0.3) is 0 Å². The molecule has 1 heterocycles. The molecule has 1 rings (SSSR count). The summed E-state index contributed by atoms with van der Waals surface area (Å²) in [7, 11) is 1.49. The second kappa shape index (κ2) is 4.94. The number of aromatic nitrogens is 1. The summed E-state index contributed by atoms with van der Waals surface area (Å²) in [4.78, 5) is 15.7. The van der Waals surface area contributed by atoms with E-state index in [2.05, 4.69) is 10.3 Å². The summed E-state index contributed by atoms with van der Waals surface area (Å²) >= 11 is 0. The molecule has 0 bridgehead atoms. The summed E-state index contributed by atoms with van der Waals surface area (Å²) in [5.41, 5.74) is -0.193. The number of aliphatic hydroxyl groups excluding tert-OH is 1. The Labute approximate surface area is 94.5 Å². The van der Waals surface area contributed by atoms with Crippen LogP contribution in [0.4, 0.5) is 0 Å². The smallest absolute Gasteiger partial charge is 0.252 e. The molecule has 0 aliphatic rings. The van der Waals surface area contributed by atoms with Crippen molar-refractivity contribution in [2.75, 3.05) is 13.7 Å². The number of rotatable bonds is 4. The van der Waals surface area contributed by atoms with Gasteiger partial charge in [0, 0.05) is 17.8 Å². The summed E-state index contributed by atoms with van der Waals surface area (Å²) in [6.45, 7) is 3.35. The molecule has 1 aromatic heterocycles. The van der Waals surface area contributed by atoms with E-state index in [0.29, 0.717) is 11.4 Å². The summed E-state index contributed by atoms with van der Waals surface area (Å²) in [6.07, 6.45) is 1.50. The Morgan fingerprint density at radius 1 is 1.62 bits per heavy atom. The van der Waals surface area contributed by atoms with Crippen molar-refractivity contribution in [3.8, 4) is 5.88 Å². The number of carbonyl (C=O) groups excluding carboxylic acids is 1. The minimum atomic E-state index is -0.645. The molecule has 0 saturated carbocycles. The Balaban J connectivity index is 2.80. The van der Waals surface area contributed by atoms with Crippen LogP contribution in [-0.4, -0.2) is 35.3 Å². The van der Waals surface area contributed by atoms with Crippen LogP contribution in [0.2, 0.25) is 0 Å². The number of hydrogen-bond acceptors (Lipinski definition) is 4. The summed E-state index contributed by atoms with van der Waals surface area (Å²) < 4.78 is 4.92. The minimum absolute atomic E-state index is 0.124. The van der Waals surface area contributed by atoms with Crippen LogP contribution in [-0.2, 0) is 0 Å². The molecule has 0 aromatic carbocycles. The van der Waals surface area contributed by atoms with E-state index in [1.54, 1.807) is 26.0 Å². The molecule has 0 atom stereocenters. The van der Waals surface area contributed by atoms with Gasteiger partial charge in [0.15, 0.2) is 0 Å². The van der Waals surface area contributed by atoms with Crippen LogP contribution in [0.3, 0.4) is 0 Å². The zero-order valence-corrected chi connectivity index (χ0v) is 9.65. The van der Waals surface area contributed by atoms with Crippen LogP contribution in [0.1, 0.15) is 24.2 Å². The van der Waals surface area contributed by atoms with Crippen molar-refractivity contribution in [3.05, 3.63) is 23.9 Å². The van der Waals surface area contributed by atoms with E-state index in [-0.39, 0.29) is 12.5 Å². The fraction of sp³-hybridized carbons (Fsp3) is 0.455. The maximum absolute atomic E-state index is 11.8. The maximum Gasteiger partial charge on any atom is 0.252 e. The molecule has 0 spiro atoms. The molecule has 0 unspecified atom stereocenters. The van der Waals surface area contributed by atoms with Crippen molar-refractivity contribution in [1.29, 1.82) is 0 Å². The third-order valence-electron chi connectivity index (χ3n) is 2.05. The number of nitrogens with zero attached hydrogens (tertiary/aromatic N) is 1. The third-order valence-corrected chi connectivity index (χ3v) is 2.05. The van der Waals surface area contributed by atoms with Gasteiger partial charge in [-0.3, -0.25) is 4.79 Å². The molecule has 1 amide bonds. The average molecular weight is 224 g/mol. The Hall–Kier alpha value is -1.62. The molecule has 5 nitrogen and oxygen atoms in total. The lowest BCUT2D eigenvalue weighted by Gasteiger charge is -2.23. The van der Waals surface area contributed by atoms with E-state index in [1.165, 1.54) is 13.3 Å². The van der Waals surface area contributed by atoms with Gasteiger partial charge in [-0.15, -0.1) is 0 Å². The number of carbonyl (C=O) groups is 1. The summed E-state index contributed by atoms with van der Waals surface area (Å²) in [5.74, 6) is 0.120. The highest BCUT2D eigenvalue weighted by atomic mass is 16.5. The molecule has 0 saturated heterocycles. The van der Waals surface area contributed by atoms with Gasteiger partial charge in [0.25, 0.3) is 5.91 Å². The first-order chi connectivity index (χ1) is 7.48. The Kier molecular flexibility index (Phi) is 3.84. The van der Waals surface area contributed by atoms with Gasteiger partial charge in [-0.25, -0.2) is 4.98 Å². The van der Waals surface area contributed by atoms with Crippen molar-refractivity contribution in [1.82, 2.24) is 10.3 Å². The monoisotopic (exact) mass is 224 g/mol. The van der Waals surface area contributed by atoms with Crippen molar-refractivity contribution < 1.29 is 14.6 Å². The lowest BCUT2D eigenvalue weighted by atomic mass is 10.1. The number of amides is 1. The van der Waals surface area contributed by atoms with E-state index in [4.69, 9.17) is 9.84 Å². The average Bonchev–Trinajstić information content (AvgIpc) is 2.28. The highest BCUT2D eigenvalue weighted by molar-refractivity contribution is 5.94. The molecular formula is C11H16N2O3. The van der Waals surface area contributed by atoms with Crippen molar-refractivity contribution in [2.45, 2.75) is 19.4 Å². The molecule has 0 fully saturated rings. The molecule has 5 heteroatoms. The highest BCUT2D eigenvalue weighted by Gasteiger charge is 2.20. The normalized spacial score (nSPS) is 11.0. The Morgan fingerprint density at radius 3 is 2.88 bits per heavy atom. The lowest BCUT2D eigenvalue weighted by Crippen LogP contribution is -2.46. The van der Waals surface area contributed by atoms with Crippen LogP contribution >= 0.6 is 0 Å². The Morgan fingerprint density at radius 2 is 2.31 bits per heavy atom. The predicted octanol–water partition coefficient (Wildman–Crippen LogP) is 0.591. The van der Waals surface area contributed by atoms with Crippen molar-refractivity contribution >= 4 is 5.91 Å². The number of aliphatic hydroxyl groups is 1. The quantitative estimate of drug-likeness (QED) is 0.785. The third kappa shape index (κ3) is 3.20. The van der Waals surface area contributed by atoms with Gasteiger partial charge in [-0.1, -0.05) is 0 Å². The first-order valence-electron chi connectivity index (χ1n) is 4.92. The van der Waals surface area contributed by atoms with Crippen LogP contribution < -0.4 is 10.1 Å². The van der Waals surface area contributed by atoms with Crippen LogP contribution in [0.5, 0.6) is 5.88 Å². The second-order valence-electron chi connectivity index (χ2n) is 4.08. The molecule has 16 heavy (non-hydrogen) atoms. The van der Waals surface area contributed by atoms with Gasteiger partial charge in [-0.05, 0) is 19.9 Å². The van der Waals surface area contributed by atoms with Gasteiger partial charge in [-0.2, -0.15) is 0 Å². The maximum atomic E-state index is 11.8. The predicted molar refractivity (Wildman–Crippen MR) is 59.4 cm³/mol. The van der Waals surface area contributed by atoms with Crippen LogP contribution in [0.15, 0.2) is 18.3 Å². The number of ether oxygens (including phenoxy) is 1. The first-order valence-corrected chi connectivity index (χ1v) is 4.92. The minimum Gasteiger partial charge on any atom is -0.481 e. The van der Waals surface area contributed by atoms with E-state index < -0.39 is 5.54 Å². The van der Waals surface area contributed by atoms with E-state index >= 15 is 0 Å². The van der Waals surface area contributed by atoms with E-state index in [1.807, 2.05) is 0 Å². The van der Waals surface area contributed by atoms with E-state index in [0.717, 1.165) is 0 Å². The van der Waals surface area contributed by atoms with Crippen LogP contribution in [0, 0.1) is 0 Å². The van der Waals surface area contributed by atoms with E-state index in [9.17, 15) is 4.79 Å². The first kappa shape index (κ1) is 12.4. The molecular weight excluding hydrogens is 208 g/mol. The fourth-order valence-corrected chi connectivity index (χ4v) is 1.08. The topological polar surface area (TPSA) is 71.5 Å². The zero-order chi connectivity index (χ0) is 12.2. The van der Waals surface area contributed by atoms with Gasteiger partial charge in [0.2, 0.25) is 5.88 Å². The SMILES string of the molecule is COc1cc(C(=O)NC(C)(C)CO)ccn1. The number of pyridine rings is 1.